The van der Waals surface area contributed by atoms with Gasteiger partial charge in [0.2, 0.25) is 0 Å². The molecule has 0 bridgehead atoms. The summed E-state index contributed by atoms with van der Waals surface area (Å²) in [5.41, 5.74) is 3.51. The van der Waals surface area contributed by atoms with Crippen molar-refractivity contribution in [1.29, 1.82) is 0 Å². The van der Waals surface area contributed by atoms with Crippen molar-refractivity contribution in [2.24, 2.45) is 0 Å². The van der Waals surface area contributed by atoms with Gasteiger partial charge in [-0.3, -0.25) is 9.78 Å². The fourth-order valence-electron chi connectivity index (χ4n) is 2.62. The molecule has 1 N–H and O–H groups in total. The largest absolute Gasteiger partial charge is 0.459 e. The third-order valence-electron chi connectivity index (χ3n) is 3.83. The maximum atomic E-state index is 12.1. The second-order valence-electron chi connectivity index (χ2n) is 5.56. The number of H-pyrrole nitrogens is 1. The molecule has 3 heterocycles. The highest BCUT2D eigenvalue weighted by Crippen LogP contribution is 2.22. The van der Waals surface area contributed by atoms with Gasteiger partial charge in [0.15, 0.2) is 0 Å². The Morgan fingerprint density at radius 3 is 2.92 bits per heavy atom. The molecule has 0 saturated carbocycles. The van der Waals surface area contributed by atoms with E-state index in [-0.39, 0.29) is 19.0 Å². The summed E-state index contributed by atoms with van der Waals surface area (Å²) in [5, 5.41) is 3.76. The molecule has 0 saturated heterocycles. The number of carbonyl (C=O) groups is 1. The minimum absolute atomic E-state index is 0.171. The van der Waals surface area contributed by atoms with Crippen molar-refractivity contribution in [3.8, 4) is 10.7 Å². The summed E-state index contributed by atoms with van der Waals surface area (Å²) in [6.45, 7) is 0.171. The average Bonchev–Trinajstić information content (AvgIpc) is 3.28. The minimum atomic E-state index is -0.267. The molecule has 0 amide bonds. The summed E-state index contributed by atoms with van der Waals surface area (Å²) < 4.78 is 5.37. The highest BCUT2D eigenvalue weighted by Gasteiger charge is 2.11. The first-order valence-corrected chi connectivity index (χ1v) is 8.74. The van der Waals surface area contributed by atoms with E-state index in [1.165, 1.54) is 11.3 Å². The molecule has 124 valence electrons. The number of nitrogens with one attached hydrogen (secondary N) is 1. The zero-order valence-electron chi connectivity index (χ0n) is 13.3. The summed E-state index contributed by atoms with van der Waals surface area (Å²) in [6, 6.07) is 13.6. The fraction of sp³-hybridized carbons (Fsp3) is 0.105. The summed E-state index contributed by atoms with van der Waals surface area (Å²) in [6.07, 6.45) is 3.83. The Kier molecular flexibility index (Phi) is 4.26. The molecular weight excluding hydrogens is 334 g/mol. The first kappa shape index (κ1) is 15.5. The third kappa shape index (κ3) is 3.44. The van der Waals surface area contributed by atoms with Crippen molar-refractivity contribution in [2.45, 2.75) is 13.0 Å². The van der Waals surface area contributed by atoms with Gasteiger partial charge in [-0.1, -0.05) is 24.3 Å². The van der Waals surface area contributed by atoms with E-state index in [0.29, 0.717) is 0 Å². The number of thiazole rings is 1. The molecule has 1 aromatic carbocycles. The number of aromatic nitrogens is 3. The molecule has 0 aliphatic carbocycles. The topological polar surface area (TPSA) is 67.9 Å². The van der Waals surface area contributed by atoms with E-state index in [2.05, 4.69) is 15.0 Å². The van der Waals surface area contributed by atoms with Crippen LogP contribution in [0, 0.1) is 0 Å². The van der Waals surface area contributed by atoms with Crippen LogP contribution in [0.3, 0.4) is 0 Å². The predicted molar refractivity (Wildman–Crippen MR) is 97.1 cm³/mol. The van der Waals surface area contributed by atoms with Crippen LogP contribution in [0.25, 0.3) is 21.6 Å². The van der Waals surface area contributed by atoms with E-state index in [1.807, 2.05) is 54.0 Å². The van der Waals surface area contributed by atoms with Crippen LogP contribution in [0.2, 0.25) is 0 Å². The van der Waals surface area contributed by atoms with E-state index in [1.54, 1.807) is 6.20 Å². The monoisotopic (exact) mass is 349 g/mol. The number of hydrogen-bond donors (Lipinski definition) is 1. The molecule has 0 aliphatic rings. The molecule has 25 heavy (non-hydrogen) atoms. The van der Waals surface area contributed by atoms with Crippen LogP contribution in [0.1, 0.15) is 11.3 Å². The number of hydrogen-bond acceptors (Lipinski definition) is 5. The van der Waals surface area contributed by atoms with Gasteiger partial charge in [0, 0.05) is 28.7 Å². The van der Waals surface area contributed by atoms with Gasteiger partial charge in [-0.2, -0.15) is 0 Å². The molecule has 4 aromatic rings. The van der Waals surface area contributed by atoms with Crippen LogP contribution in [-0.2, 0) is 22.6 Å². The van der Waals surface area contributed by atoms with E-state index in [9.17, 15) is 4.79 Å². The van der Waals surface area contributed by atoms with Crippen LogP contribution in [0.15, 0.2) is 60.2 Å². The quantitative estimate of drug-likeness (QED) is 0.554. The van der Waals surface area contributed by atoms with Gasteiger partial charge in [0.1, 0.15) is 11.6 Å². The van der Waals surface area contributed by atoms with Crippen molar-refractivity contribution >= 4 is 28.2 Å². The van der Waals surface area contributed by atoms with Crippen molar-refractivity contribution in [3.63, 3.8) is 0 Å². The lowest BCUT2D eigenvalue weighted by atomic mass is 10.1. The molecule has 3 aromatic heterocycles. The van der Waals surface area contributed by atoms with Crippen molar-refractivity contribution < 1.29 is 9.53 Å². The third-order valence-corrected chi connectivity index (χ3v) is 4.74. The van der Waals surface area contributed by atoms with Gasteiger partial charge < -0.3 is 9.72 Å². The Labute approximate surface area is 148 Å². The number of pyridine rings is 1. The van der Waals surface area contributed by atoms with Gasteiger partial charge in [-0.15, -0.1) is 11.3 Å². The van der Waals surface area contributed by atoms with E-state index in [0.717, 1.165) is 32.9 Å². The molecule has 0 atom stereocenters. The molecule has 0 spiro atoms. The van der Waals surface area contributed by atoms with Crippen LogP contribution in [-0.4, -0.2) is 20.9 Å². The number of esters is 1. The first-order chi connectivity index (χ1) is 12.3. The van der Waals surface area contributed by atoms with Crippen molar-refractivity contribution in [1.82, 2.24) is 15.0 Å². The molecule has 0 aliphatic heterocycles. The SMILES string of the molecule is O=C(Cc1c[nH]c2ccccc12)OCc1csc(-c2ccccn2)n1. The summed E-state index contributed by atoms with van der Waals surface area (Å²) in [7, 11) is 0. The van der Waals surface area contributed by atoms with Gasteiger partial charge in [0.05, 0.1) is 17.8 Å². The molecule has 6 heteroatoms. The Balaban J connectivity index is 1.38. The molecular formula is C19H15N3O2S. The highest BCUT2D eigenvalue weighted by atomic mass is 32.1. The number of benzene rings is 1. The normalized spacial score (nSPS) is 10.9. The molecule has 5 nitrogen and oxygen atoms in total. The summed E-state index contributed by atoms with van der Waals surface area (Å²) in [4.78, 5) is 24.0. The van der Waals surface area contributed by atoms with Gasteiger partial charge in [-0.05, 0) is 23.8 Å². The van der Waals surface area contributed by atoms with E-state index < -0.39 is 0 Å². The van der Waals surface area contributed by atoms with E-state index >= 15 is 0 Å². The number of aromatic amines is 1. The molecule has 0 unspecified atom stereocenters. The number of ether oxygens (including phenoxy) is 1. The standard InChI is InChI=1S/C19H15N3O2S/c23-18(9-13-10-21-16-6-2-1-5-15(13)16)24-11-14-12-25-19(22-14)17-7-3-4-8-20-17/h1-8,10,12,21H,9,11H2. The minimum Gasteiger partial charge on any atom is -0.459 e. The lowest BCUT2D eigenvalue weighted by Gasteiger charge is -2.02. The van der Waals surface area contributed by atoms with Crippen LogP contribution in [0.4, 0.5) is 0 Å². The average molecular weight is 349 g/mol. The maximum Gasteiger partial charge on any atom is 0.310 e. The lowest BCUT2D eigenvalue weighted by Crippen LogP contribution is -2.07. The second kappa shape index (κ2) is 6.86. The molecule has 0 fully saturated rings. The number of carbonyl (C=O) groups excluding carboxylic acids is 1. The van der Waals surface area contributed by atoms with Crippen molar-refractivity contribution in [2.75, 3.05) is 0 Å². The van der Waals surface area contributed by atoms with Crippen molar-refractivity contribution in [3.05, 3.63) is 71.5 Å². The zero-order valence-corrected chi connectivity index (χ0v) is 14.1. The zero-order chi connectivity index (χ0) is 17.1. The number of rotatable bonds is 5. The van der Waals surface area contributed by atoms with Gasteiger partial charge in [-0.25, -0.2) is 4.98 Å². The Hall–Kier alpha value is -2.99. The Morgan fingerprint density at radius 2 is 2.04 bits per heavy atom. The second-order valence-corrected chi connectivity index (χ2v) is 6.41. The lowest BCUT2D eigenvalue weighted by molar-refractivity contribution is -0.144. The number of para-hydroxylation sites is 1. The Bertz CT molecular complexity index is 1010. The van der Waals surface area contributed by atoms with Crippen LogP contribution in [0.5, 0.6) is 0 Å². The molecule has 0 radical (unpaired) electrons. The van der Waals surface area contributed by atoms with Crippen LogP contribution >= 0.6 is 11.3 Å². The smallest absolute Gasteiger partial charge is 0.310 e. The Morgan fingerprint density at radius 1 is 1.16 bits per heavy atom. The summed E-state index contributed by atoms with van der Waals surface area (Å²) >= 11 is 1.49. The number of fused-ring (bicyclic) bond motifs is 1. The molecule has 4 rings (SSSR count). The van der Waals surface area contributed by atoms with Gasteiger partial charge >= 0.3 is 5.97 Å². The predicted octanol–water partition coefficient (Wildman–Crippen LogP) is 3.97. The summed E-state index contributed by atoms with van der Waals surface area (Å²) in [5.74, 6) is -0.267. The fourth-order valence-corrected chi connectivity index (χ4v) is 3.40. The van der Waals surface area contributed by atoms with Crippen LogP contribution < -0.4 is 0 Å². The first-order valence-electron chi connectivity index (χ1n) is 7.86. The number of nitrogens with zero attached hydrogens (tertiary/aromatic N) is 2. The van der Waals surface area contributed by atoms with E-state index in [4.69, 9.17) is 4.74 Å². The van der Waals surface area contributed by atoms with Gasteiger partial charge in [0.25, 0.3) is 0 Å². The maximum absolute atomic E-state index is 12.1. The highest BCUT2D eigenvalue weighted by molar-refractivity contribution is 7.13.